The van der Waals surface area contributed by atoms with Crippen LogP contribution in [0, 0.1) is 35.5 Å². The first-order chi connectivity index (χ1) is 29.9. The van der Waals surface area contributed by atoms with Crippen LogP contribution < -0.4 is 0 Å². The Labute approximate surface area is 376 Å². The highest BCUT2D eigenvalue weighted by Gasteiger charge is 2.52. The van der Waals surface area contributed by atoms with Crippen molar-refractivity contribution in [2.45, 2.75) is 174 Å². The fraction of sp³-hybridized carbons (Fsp3) is 0.740. The number of nitrogens with zero attached hydrogens (tertiary/aromatic N) is 1. The zero-order chi connectivity index (χ0) is 46.9. The Morgan fingerprint density at radius 2 is 1.60 bits per heavy atom. The van der Waals surface area contributed by atoms with Gasteiger partial charge in [0.25, 0.3) is 11.7 Å². The van der Waals surface area contributed by atoms with Crippen molar-refractivity contribution < 1.29 is 58.2 Å². The maximum atomic E-state index is 13.5. The summed E-state index contributed by atoms with van der Waals surface area (Å²) in [7, 11) is 4.77. The molecule has 2 unspecified atom stereocenters. The van der Waals surface area contributed by atoms with E-state index in [0.29, 0.717) is 63.2 Å². The number of ether oxygens (including phenoxy) is 4. The van der Waals surface area contributed by atoms with E-state index in [-0.39, 0.29) is 54.5 Å². The third-order valence-corrected chi connectivity index (χ3v) is 13.9. The Morgan fingerprint density at radius 1 is 0.889 bits per heavy atom. The SMILES string of the molecule is COC(C(=O)[C@H](C)CC/C=C/C=C/C=C/[C@@H](C[C@H]1CC[C@@H](C)C(O)(C(=O)C(=O)N2CCCC[C@H]2C(=O)O)O1)OC)[C@H](C)/C(C)=C/[C@H](C)C(=O)CC[C@@H](C)C[C@H]1CC[C@@H](O)[C@@H](OC)C1. The molecule has 0 radical (unpaired) electrons. The second kappa shape index (κ2) is 26.6. The standard InChI is InChI=1S/C50H79NO12/c1-32(28-38-23-26-43(53)44(30-38)61-8)21-25-42(52)35(4)29-34(3)37(6)46(62-9)45(54)33(2)18-14-12-10-11-13-15-19-39(60-7)31-40-24-22-36(5)50(59,63-40)47(55)48(56)51-27-17-16-20-41(51)49(57)58/h10-13,15,19,29,32-33,35-41,43-44,46,53,59H,14,16-18,20-28,30-31H2,1-9H3,(H,57,58)/b12-10+,13-11+,19-15+,34-29+/t32-,33-,35+,36-,37-,38-,39+,40-,41+,43-,44+,46?,50?/m1/s1. The lowest BCUT2D eigenvalue weighted by Gasteiger charge is -2.42. The minimum absolute atomic E-state index is 0.0358. The molecular weight excluding hydrogens is 807 g/mol. The molecule has 13 atom stereocenters. The van der Waals surface area contributed by atoms with E-state index in [2.05, 4.69) is 6.92 Å². The molecule has 13 heteroatoms. The number of carbonyl (C=O) groups is 5. The highest BCUT2D eigenvalue weighted by molar-refractivity contribution is 6.39. The van der Waals surface area contributed by atoms with E-state index < -0.39 is 53.7 Å². The highest BCUT2D eigenvalue weighted by Crippen LogP contribution is 2.36. The number of carboxylic acid groups (broad SMARTS) is 1. The van der Waals surface area contributed by atoms with E-state index in [9.17, 15) is 39.3 Å². The van der Waals surface area contributed by atoms with Gasteiger partial charge in [0.2, 0.25) is 5.79 Å². The second-order valence-corrected chi connectivity index (χ2v) is 18.7. The molecule has 1 amide bonds. The summed E-state index contributed by atoms with van der Waals surface area (Å²) in [6.07, 6.45) is 20.3. The van der Waals surface area contributed by atoms with E-state index in [1.165, 1.54) is 0 Å². The molecule has 0 aromatic carbocycles. The number of ketones is 3. The molecule has 13 nitrogen and oxygen atoms in total. The van der Waals surface area contributed by atoms with Gasteiger partial charge in [-0.2, -0.15) is 0 Å². The molecule has 3 N–H and O–H groups in total. The fourth-order valence-corrected chi connectivity index (χ4v) is 9.40. The molecule has 0 aromatic heterocycles. The van der Waals surface area contributed by atoms with Crippen LogP contribution >= 0.6 is 0 Å². The van der Waals surface area contributed by atoms with E-state index in [1.807, 2.05) is 70.2 Å². The Hall–Kier alpha value is -3.33. The Morgan fingerprint density at radius 3 is 2.27 bits per heavy atom. The van der Waals surface area contributed by atoms with Crippen molar-refractivity contribution in [1.82, 2.24) is 4.90 Å². The number of rotatable bonds is 25. The minimum atomic E-state index is -2.36. The molecule has 2 saturated heterocycles. The molecule has 2 aliphatic heterocycles. The average molecular weight is 886 g/mol. The topological polar surface area (TPSA) is 186 Å². The van der Waals surface area contributed by atoms with Gasteiger partial charge in [0.05, 0.1) is 24.4 Å². The third kappa shape index (κ3) is 16.0. The van der Waals surface area contributed by atoms with Crippen molar-refractivity contribution in [1.29, 1.82) is 0 Å². The number of allylic oxidation sites excluding steroid dienone is 6. The van der Waals surface area contributed by atoms with Gasteiger partial charge >= 0.3 is 5.97 Å². The van der Waals surface area contributed by atoms with Crippen LogP contribution in [-0.4, -0.2) is 120 Å². The smallest absolute Gasteiger partial charge is 0.326 e. The summed E-state index contributed by atoms with van der Waals surface area (Å²) in [5, 5.41) is 31.1. The molecule has 63 heavy (non-hydrogen) atoms. The molecule has 0 bridgehead atoms. The second-order valence-electron chi connectivity index (χ2n) is 18.7. The van der Waals surface area contributed by atoms with Gasteiger partial charge in [-0.1, -0.05) is 82.7 Å². The predicted octanol–water partition coefficient (Wildman–Crippen LogP) is 7.37. The van der Waals surface area contributed by atoms with Crippen molar-refractivity contribution in [3.05, 3.63) is 48.1 Å². The van der Waals surface area contributed by atoms with Crippen molar-refractivity contribution in [3.8, 4) is 0 Å². The summed E-state index contributed by atoms with van der Waals surface area (Å²) < 4.78 is 22.7. The van der Waals surface area contributed by atoms with E-state index >= 15 is 0 Å². The van der Waals surface area contributed by atoms with Crippen LogP contribution in [0.2, 0.25) is 0 Å². The number of aliphatic hydroxyl groups is 2. The normalized spacial score (nSPS) is 29.1. The molecular formula is C50H79NO12. The molecule has 3 rings (SSSR count). The Kier molecular flexibility index (Phi) is 22.8. The number of methoxy groups -OCH3 is 3. The van der Waals surface area contributed by atoms with Crippen LogP contribution in [0.25, 0.3) is 0 Å². The Bertz CT molecular complexity index is 1620. The highest BCUT2D eigenvalue weighted by atomic mass is 16.6. The zero-order valence-corrected chi connectivity index (χ0v) is 39.5. The maximum Gasteiger partial charge on any atom is 0.326 e. The largest absolute Gasteiger partial charge is 0.480 e. The van der Waals surface area contributed by atoms with Crippen molar-refractivity contribution in [3.63, 3.8) is 0 Å². The first-order valence-corrected chi connectivity index (χ1v) is 23.4. The molecule has 0 spiro atoms. The van der Waals surface area contributed by atoms with E-state index in [1.54, 1.807) is 28.3 Å². The maximum absolute atomic E-state index is 13.5. The van der Waals surface area contributed by atoms with Crippen LogP contribution in [-0.2, 0) is 42.9 Å². The van der Waals surface area contributed by atoms with Gasteiger partial charge in [0, 0.05) is 64.4 Å². The van der Waals surface area contributed by atoms with Crippen LogP contribution in [0.1, 0.15) is 131 Å². The van der Waals surface area contributed by atoms with Crippen LogP contribution in [0.3, 0.4) is 0 Å². The predicted molar refractivity (Wildman–Crippen MR) is 242 cm³/mol. The van der Waals surface area contributed by atoms with Crippen LogP contribution in [0.4, 0.5) is 0 Å². The summed E-state index contributed by atoms with van der Waals surface area (Å²) in [6, 6.07) is -1.10. The Balaban J connectivity index is 1.43. The van der Waals surface area contributed by atoms with Gasteiger partial charge in [-0.15, -0.1) is 0 Å². The van der Waals surface area contributed by atoms with Crippen LogP contribution in [0.15, 0.2) is 48.1 Å². The number of hydrogen-bond acceptors (Lipinski definition) is 11. The lowest BCUT2D eigenvalue weighted by Crippen LogP contribution is -2.60. The summed E-state index contributed by atoms with van der Waals surface area (Å²) in [4.78, 5) is 66.0. The van der Waals surface area contributed by atoms with Gasteiger partial charge in [-0.25, -0.2) is 4.79 Å². The molecule has 1 aliphatic carbocycles. The molecule has 3 fully saturated rings. The van der Waals surface area contributed by atoms with E-state index in [4.69, 9.17) is 18.9 Å². The first-order valence-electron chi connectivity index (χ1n) is 23.4. The third-order valence-electron chi connectivity index (χ3n) is 13.9. The number of carboxylic acids is 1. The average Bonchev–Trinajstić information content (AvgIpc) is 3.27. The number of likely N-dealkylation sites (tertiary alicyclic amines) is 1. The minimum Gasteiger partial charge on any atom is -0.480 e. The number of aliphatic hydroxyl groups excluding tert-OH is 1. The summed E-state index contributed by atoms with van der Waals surface area (Å²) >= 11 is 0. The summed E-state index contributed by atoms with van der Waals surface area (Å²) in [6.45, 7) is 11.8. The van der Waals surface area contributed by atoms with Gasteiger partial charge in [0.15, 0.2) is 5.78 Å². The van der Waals surface area contributed by atoms with Gasteiger partial charge in [-0.05, 0) is 95.8 Å². The van der Waals surface area contributed by atoms with Gasteiger partial charge in [0.1, 0.15) is 17.9 Å². The zero-order valence-electron chi connectivity index (χ0n) is 39.5. The molecule has 356 valence electrons. The number of piperidine rings is 1. The summed E-state index contributed by atoms with van der Waals surface area (Å²) in [5.41, 5.74) is 0.964. The monoisotopic (exact) mass is 886 g/mol. The number of hydrogen-bond donors (Lipinski definition) is 3. The quantitative estimate of drug-likeness (QED) is 0.0471. The first kappa shape index (κ1) is 54.0. The van der Waals surface area contributed by atoms with Crippen molar-refractivity contribution in [2.75, 3.05) is 27.9 Å². The lowest BCUT2D eigenvalue weighted by molar-refractivity contribution is -0.265. The molecule has 3 aliphatic rings. The molecule has 2 heterocycles. The summed E-state index contributed by atoms with van der Waals surface area (Å²) in [5.74, 6) is -5.86. The number of carbonyl (C=O) groups excluding carboxylic acids is 4. The number of aliphatic carboxylic acids is 1. The van der Waals surface area contributed by atoms with Crippen molar-refractivity contribution >= 4 is 29.2 Å². The molecule has 1 saturated carbocycles. The molecule has 0 aromatic rings. The van der Waals surface area contributed by atoms with Crippen LogP contribution in [0.5, 0.6) is 0 Å². The number of amides is 1. The van der Waals surface area contributed by atoms with Gasteiger partial charge in [-0.3, -0.25) is 19.2 Å². The van der Waals surface area contributed by atoms with Gasteiger partial charge < -0.3 is 39.2 Å². The fourth-order valence-electron chi connectivity index (χ4n) is 9.40. The van der Waals surface area contributed by atoms with E-state index in [0.717, 1.165) is 42.6 Å². The van der Waals surface area contributed by atoms with Crippen molar-refractivity contribution in [2.24, 2.45) is 35.5 Å². The number of Topliss-reactive ketones (excluding diaryl/α,β-unsaturated/α-hetero) is 3. The lowest BCUT2D eigenvalue weighted by atomic mass is 9.79.